The van der Waals surface area contributed by atoms with Gasteiger partial charge in [-0.2, -0.15) is 5.10 Å². The van der Waals surface area contributed by atoms with Gasteiger partial charge >= 0.3 is 0 Å². The van der Waals surface area contributed by atoms with Crippen LogP contribution < -0.4 is 10.2 Å². The number of nitrogens with zero attached hydrogens (tertiary/aromatic N) is 4. The van der Waals surface area contributed by atoms with Gasteiger partial charge in [0.05, 0.1) is 0 Å². The Morgan fingerprint density at radius 3 is 2.91 bits per heavy atom. The molecule has 4 rings (SSSR count). The fraction of sp³-hybridized carbons (Fsp3) is 0.312. The minimum Gasteiger partial charge on any atom is -0.382 e. The Morgan fingerprint density at radius 2 is 2.13 bits per heavy atom. The van der Waals surface area contributed by atoms with E-state index in [1.54, 1.807) is 17.5 Å². The van der Waals surface area contributed by atoms with Gasteiger partial charge in [0.15, 0.2) is 5.82 Å². The zero-order valence-corrected chi connectivity index (χ0v) is 14.0. The first-order chi connectivity index (χ1) is 11.3. The van der Waals surface area contributed by atoms with Crippen molar-refractivity contribution < 1.29 is 0 Å². The fourth-order valence-electron chi connectivity index (χ4n) is 2.97. The predicted molar refractivity (Wildman–Crippen MR) is 95.5 cm³/mol. The largest absolute Gasteiger partial charge is 0.382 e. The molecule has 3 aromatic rings. The topological polar surface area (TPSA) is 53.9 Å². The van der Waals surface area contributed by atoms with E-state index in [-0.39, 0.29) is 0 Å². The van der Waals surface area contributed by atoms with Crippen LogP contribution >= 0.6 is 22.9 Å². The zero-order valence-electron chi connectivity index (χ0n) is 12.4. The summed E-state index contributed by atoms with van der Waals surface area (Å²) in [6.45, 7) is 1.95. The molecule has 118 valence electrons. The lowest BCUT2D eigenvalue weighted by Crippen LogP contribution is -2.39. The molecule has 0 aromatic carbocycles. The highest BCUT2D eigenvalue weighted by Gasteiger charge is 2.21. The van der Waals surface area contributed by atoms with E-state index in [1.807, 2.05) is 18.2 Å². The zero-order chi connectivity index (χ0) is 15.6. The number of thiophene rings is 1. The molecule has 0 atom stereocenters. The number of nitrogens with one attached hydrogen (secondary N) is 1. The molecule has 0 saturated carbocycles. The molecular weight excluding hydrogens is 330 g/mol. The molecule has 1 saturated heterocycles. The van der Waals surface area contributed by atoms with Crippen LogP contribution in [0.1, 0.15) is 12.8 Å². The number of hydrogen-bond donors (Lipinski definition) is 1. The van der Waals surface area contributed by atoms with Crippen molar-refractivity contribution in [2.75, 3.05) is 23.3 Å². The molecule has 4 heterocycles. The van der Waals surface area contributed by atoms with E-state index in [1.165, 1.54) is 0 Å². The van der Waals surface area contributed by atoms with Gasteiger partial charge in [0.25, 0.3) is 0 Å². The van der Waals surface area contributed by atoms with Crippen LogP contribution in [0.25, 0.3) is 10.2 Å². The molecule has 1 N–H and O–H groups in total. The molecule has 1 aliphatic rings. The summed E-state index contributed by atoms with van der Waals surface area (Å²) in [6.07, 6.45) is 3.82. The fourth-order valence-corrected chi connectivity index (χ4v) is 4.01. The molecule has 1 aliphatic heterocycles. The van der Waals surface area contributed by atoms with Crippen LogP contribution in [-0.2, 0) is 0 Å². The maximum atomic E-state index is 6.13. The second-order valence-corrected chi connectivity index (χ2v) is 6.90. The van der Waals surface area contributed by atoms with Gasteiger partial charge in [-0.05, 0) is 42.5 Å². The second-order valence-electron chi connectivity index (χ2n) is 5.62. The monoisotopic (exact) mass is 345 g/mol. The van der Waals surface area contributed by atoms with Gasteiger partial charge in [0.2, 0.25) is 0 Å². The van der Waals surface area contributed by atoms with Crippen molar-refractivity contribution >= 4 is 44.7 Å². The Bertz CT molecular complexity index is 799. The van der Waals surface area contributed by atoms with Gasteiger partial charge in [-0.25, -0.2) is 4.98 Å². The number of hydrogen-bond acceptors (Lipinski definition) is 6. The third-order valence-corrected chi connectivity index (χ3v) is 5.14. The SMILES string of the molecule is Clc1cc(NC2CCN(c3cccnn3)CC2)c2ccsc2n1. The van der Waals surface area contributed by atoms with Crippen LogP contribution in [0, 0.1) is 0 Å². The normalized spacial score (nSPS) is 16.0. The summed E-state index contributed by atoms with van der Waals surface area (Å²) in [7, 11) is 0. The van der Waals surface area contributed by atoms with Gasteiger partial charge in [-0.3, -0.25) is 0 Å². The number of fused-ring (bicyclic) bond motifs is 1. The van der Waals surface area contributed by atoms with Gasteiger partial charge in [0.1, 0.15) is 9.98 Å². The first-order valence-electron chi connectivity index (χ1n) is 7.62. The number of rotatable bonds is 3. The second kappa shape index (κ2) is 6.29. The van der Waals surface area contributed by atoms with Crippen molar-refractivity contribution in [3.05, 3.63) is 41.0 Å². The molecule has 0 radical (unpaired) electrons. The lowest BCUT2D eigenvalue weighted by Gasteiger charge is -2.33. The number of halogens is 1. The van der Waals surface area contributed by atoms with Gasteiger partial charge in [-0.1, -0.05) is 11.6 Å². The number of piperidine rings is 1. The maximum absolute atomic E-state index is 6.13. The molecule has 0 amide bonds. The van der Waals surface area contributed by atoms with Gasteiger partial charge in [0, 0.05) is 36.4 Å². The molecule has 1 fully saturated rings. The lowest BCUT2D eigenvalue weighted by molar-refractivity contribution is 0.522. The minimum atomic E-state index is 0.435. The summed E-state index contributed by atoms with van der Waals surface area (Å²) in [5, 5.41) is 15.5. The molecule has 0 bridgehead atoms. The summed E-state index contributed by atoms with van der Waals surface area (Å²) in [4.78, 5) is 7.63. The number of anilines is 2. The summed E-state index contributed by atoms with van der Waals surface area (Å²) in [5.74, 6) is 0.957. The average molecular weight is 346 g/mol. The van der Waals surface area contributed by atoms with Crippen LogP contribution in [-0.4, -0.2) is 34.3 Å². The highest BCUT2D eigenvalue weighted by molar-refractivity contribution is 7.16. The average Bonchev–Trinajstić information content (AvgIpc) is 3.05. The highest BCUT2D eigenvalue weighted by Crippen LogP contribution is 2.30. The molecular formula is C16H16ClN5S. The smallest absolute Gasteiger partial charge is 0.151 e. The van der Waals surface area contributed by atoms with E-state index in [9.17, 15) is 0 Å². The predicted octanol–water partition coefficient (Wildman–Crippen LogP) is 3.82. The van der Waals surface area contributed by atoms with E-state index in [0.717, 1.165) is 47.7 Å². The van der Waals surface area contributed by atoms with Crippen molar-refractivity contribution in [1.82, 2.24) is 15.2 Å². The van der Waals surface area contributed by atoms with Crippen molar-refractivity contribution in [3.8, 4) is 0 Å². The van der Waals surface area contributed by atoms with E-state index in [0.29, 0.717) is 11.2 Å². The first-order valence-corrected chi connectivity index (χ1v) is 8.88. The lowest BCUT2D eigenvalue weighted by atomic mass is 10.0. The third kappa shape index (κ3) is 3.09. The molecule has 0 spiro atoms. The van der Waals surface area contributed by atoms with Crippen LogP contribution in [0.15, 0.2) is 35.8 Å². The van der Waals surface area contributed by atoms with E-state index in [4.69, 9.17) is 11.6 Å². The van der Waals surface area contributed by atoms with Gasteiger partial charge < -0.3 is 10.2 Å². The summed E-state index contributed by atoms with van der Waals surface area (Å²) >= 11 is 7.75. The Morgan fingerprint density at radius 1 is 1.26 bits per heavy atom. The Hall–Kier alpha value is -1.92. The highest BCUT2D eigenvalue weighted by atomic mass is 35.5. The van der Waals surface area contributed by atoms with Crippen molar-refractivity contribution in [3.63, 3.8) is 0 Å². The van der Waals surface area contributed by atoms with Crippen LogP contribution in [0.2, 0.25) is 5.15 Å². The quantitative estimate of drug-likeness (QED) is 0.731. The van der Waals surface area contributed by atoms with E-state index < -0.39 is 0 Å². The maximum Gasteiger partial charge on any atom is 0.151 e. The van der Waals surface area contributed by atoms with Crippen molar-refractivity contribution in [1.29, 1.82) is 0 Å². The number of pyridine rings is 1. The van der Waals surface area contributed by atoms with Crippen molar-refractivity contribution in [2.24, 2.45) is 0 Å². The molecule has 23 heavy (non-hydrogen) atoms. The van der Waals surface area contributed by atoms with Crippen LogP contribution in [0.3, 0.4) is 0 Å². The van der Waals surface area contributed by atoms with Crippen LogP contribution in [0.5, 0.6) is 0 Å². The molecule has 5 nitrogen and oxygen atoms in total. The molecule has 7 heteroatoms. The van der Waals surface area contributed by atoms with Crippen molar-refractivity contribution in [2.45, 2.75) is 18.9 Å². The Kier molecular flexibility index (Phi) is 4.01. The van der Waals surface area contributed by atoms with Gasteiger partial charge in [-0.15, -0.1) is 16.4 Å². The summed E-state index contributed by atoms with van der Waals surface area (Å²) < 4.78 is 0. The van der Waals surface area contributed by atoms with E-state index in [2.05, 4.69) is 36.8 Å². The third-order valence-electron chi connectivity index (χ3n) is 4.14. The number of aromatic nitrogens is 3. The summed E-state index contributed by atoms with van der Waals surface area (Å²) in [5.41, 5.74) is 1.08. The molecule has 0 aliphatic carbocycles. The molecule has 0 unspecified atom stereocenters. The first kappa shape index (κ1) is 14.7. The van der Waals surface area contributed by atoms with Crippen LogP contribution in [0.4, 0.5) is 11.5 Å². The minimum absolute atomic E-state index is 0.435. The standard InChI is InChI=1S/C16H16ClN5S/c17-14-10-13(12-5-9-23-16(12)20-14)19-11-3-7-22(8-4-11)15-2-1-6-18-21-15/h1-2,5-6,9-11H,3-4,7-8H2,(H,19,20). The summed E-state index contributed by atoms with van der Waals surface area (Å²) in [6, 6.07) is 8.40. The van der Waals surface area contributed by atoms with E-state index >= 15 is 0 Å². The Balaban J connectivity index is 1.46. The Labute approximate surface area is 143 Å². The molecule has 3 aromatic heterocycles.